The lowest BCUT2D eigenvalue weighted by Gasteiger charge is -2.23. The maximum Gasteiger partial charge on any atom is 0.269 e. The lowest BCUT2D eigenvalue weighted by Crippen LogP contribution is -2.26. The Morgan fingerprint density at radius 1 is 1.38 bits per heavy atom. The van der Waals surface area contributed by atoms with E-state index in [1.807, 2.05) is 13.8 Å². The quantitative estimate of drug-likeness (QED) is 0.621. The molecule has 0 bridgehead atoms. The van der Waals surface area contributed by atoms with Gasteiger partial charge in [-0.15, -0.1) is 0 Å². The van der Waals surface area contributed by atoms with Gasteiger partial charge >= 0.3 is 0 Å². The zero-order valence-corrected chi connectivity index (χ0v) is 9.27. The van der Waals surface area contributed by atoms with E-state index >= 15 is 0 Å². The van der Waals surface area contributed by atoms with Crippen LogP contribution in [0.1, 0.15) is 25.8 Å². The van der Waals surface area contributed by atoms with Crippen molar-refractivity contribution in [3.8, 4) is 0 Å². The van der Waals surface area contributed by atoms with Gasteiger partial charge in [0.1, 0.15) is 0 Å². The van der Waals surface area contributed by atoms with Crippen molar-refractivity contribution >= 4 is 11.6 Å². The van der Waals surface area contributed by atoms with Crippen LogP contribution in [0.3, 0.4) is 0 Å². The molecular formula is C11H14N2O3. The van der Waals surface area contributed by atoms with Gasteiger partial charge in [0, 0.05) is 18.6 Å². The summed E-state index contributed by atoms with van der Waals surface area (Å²) in [5.41, 5.74) is 5.64. The van der Waals surface area contributed by atoms with Crippen molar-refractivity contribution < 1.29 is 9.72 Å². The topological polar surface area (TPSA) is 86.2 Å². The fraction of sp³-hybridized carbons (Fsp3) is 0.364. The number of rotatable bonds is 4. The molecule has 1 aromatic rings. The minimum absolute atomic E-state index is 0.0404. The second-order valence-electron chi connectivity index (χ2n) is 4.33. The number of nitro benzene ring substituents is 1. The Labute approximate surface area is 93.4 Å². The molecule has 0 aromatic heterocycles. The van der Waals surface area contributed by atoms with Gasteiger partial charge in [0.15, 0.2) is 0 Å². The highest BCUT2D eigenvalue weighted by molar-refractivity contribution is 5.75. The van der Waals surface area contributed by atoms with Crippen LogP contribution in [0.2, 0.25) is 0 Å². The second kappa shape index (κ2) is 4.30. The molecule has 0 radical (unpaired) electrons. The number of hydrogen-bond donors (Lipinski definition) is 1. The van der Waals surface area contributed by atoms with E-state index in [1.54, 1.807) is 12.1 Å². The lowest BCUT2D eigenvalue weighted by molar-refractivity contribution is -0.384. The highest BCUT2D eigenvalue weighted by Crippen LogP contribution is 2.28. The van der Waals surface area contributed by atoms with Crippen LogP contribution < -0.4 is 5.73 Å². The van der Waals surface area contributed by atoms with Crippen molar-refractivity contribution in [2.24, 2.45) is 5.73 Å². The summed E-state index contributed by atoms with van der Waals surface area (Å²) in [6.45, 7) is 3.75. The molecule has 5 heteroatoms. The number of nitro groups is 1. The van der Waals surface area contributed by atoms with E-state index in [-0.39, 0.29) is 18.0 Å². The Balaban J connectivity index is 2.96. The largest absolute Gasteiger partial charge is 0.370 e. The number of amides is 1. The van der Waals surface area contributed by atoms with Crippen molar-refractivity contribution in [2.75, 3.05) is 0 Å². The third kappa shape index (κ3) is 2.79. The highest BCUT2D eigenvalue weighted by atomic mass is 16.6. The van der Waals surface area contributed by atoms with E-state index in [0.29, 0.717) is 0 Å². The smallest absolute Gasteiger partial charge is 0.269 e. The fourth-order valence-electron chi connectivity index (χ4n) is 1.57. The SMILES string of the molecule is CC(C)(CC(N)=O)c1ccc([N+](=O)[O-])cc1. The van der Waals surface area contributed by atoms with E-state index < -0.39 is 10.3 Å². The van der Waals surface area contributed by atoms with Crippen molar-refractivity contribution in [3.05, 3.63) is 39.9 Å². The summed E-state index contributed by atoms with van der Waals surface area (Å²) in [7, 11) is 0. The fourth-order valence-corrected chi connectivity index (χ4v) is 1.57. The Morgan fingerprint density at radius 2 is 1.88 bits per heavy atom. The van der Waals surface area contributed by atoms with E-state index in [2.05, 4.69) is 0 Å². The molecule has 0 spiro atoms. The van der Waals surface area contributed by atoms with Gasteiger partial charge in [-0.25, -0.2) is 0 Å². The molecule has 1 rings (SSSR count). The van der Waals surface area contributed by atoms with Crippen LogP contribution >= 0.6 is 0 Å². The van der Waals surface area contributed by atoms with Crippen LogP contribution in [0.25, 0.3) is 0 Å². The first kappa shape index (κ1) is 12.2. The molecule has 0 aliphatic heterocycles. The van der Waals surface area contributed by atoms with Crippen LogP contribution in [-0.4, -0.2) is 10.8 Å². The van der Waals surface area contributed by atoms with Crippen LogP contribution in [0.5, 0.6) is 0 Å². The van der Waals surface area contributed by atoms with Crippen molar-refractivity contribution in [3.63, 3.8) is 0 Å². The van der Waals surface area contributed by atoms with Crippen LogP contribution in [0.15, 0.2) is 24.3 Å². The van der Waals surface area contributed by atoms with Crippen LogP contribution in [0.4, 0.5) is 5.69 Å². The average molecular weight is 222 g/mol. The first-order valence-corrected chi connectivity index (χ1v) is 4.86. The number of non-ortho nitro benzene ring substituents is 1. The third-order valence-corrected chi connectivity index (χ3v) is 2.48. The number of primary amides is 1. The summed E-state index contributed by atoms with van der Waals surface area (Å²) in [4.78, 5) is 20.9. The van der Waals surface area contributed by atoms with Gasteiger partial charge in [0.05, 0.1) is 4.92 Å². The number of nitrogens with zero attached hydrogens (tertiary/aromatic N) is 1. The predicted octanol–water partition coefficient (Wildman–Crippen LogP) is 1.75. The zero-order chi connectivity index (χ0) is 12.3. The molecule has 0 saturated carbocycles. The molecule has 0 fully saturated rings. The van der Waals surface area contributed by atoms with Crippen molar-refractivity contribution in [1.29, 1.82) is 0 Å². The maximum atomic E-state index is 10.9. The van der Waals surface area contributed by atoms with Gasteiger partial charge in [-0.05, 0) is 11.0 Å². The molecular weight excluding hydrogens is 208 g/mol. The minimum atomic E-state index is -0.454. The Morgan fingerprint density at radius 3 is 2.25 bits per heavy atom. The van der Waals surface area contributed by atoms with Crippen molar-refractivity contribution in [1.82, 2.24) is 0 Å². The number of benzene rings is 1. The van der Waals surface area contributed by atoms with Gasteiger partial charge in [0.2, 0.25) is 5.91 Å². The van der Waals surface area contributed by atoms with E-state index in [9.17, 15) is 14.9 Å². The van der Waals surface area contributed by atoms with E-state index in [4.69, 9.17) is 5.73 Å². The zero-order valence-electron chi connectivity index (χ0n) is 9.27. The third-order valence-electron chi connectivity index (χ3n) is 2.48. The summed E-state index contributed by atoms with van der Waals surface area (Å²) < 4.78 is 0. The summed E-state index contributed by atoms with van der Waals surface area (Å²) in [5, 5.41) is 10.5. The summed E-state index contributed by atoms with van der Waals surface area (Å²) in [5.74, 6) is -0.386. The minimum Gasteiger partial charge on any atom is -0.370 e. The molecule has 0 unspecified atom stereocenters. The molecule has 86 valence electrons. The summed E-state index contributed by atoms with van der Waals surface area (Å²) in [6.07, 6.45) is 0.213. The van der Waals surface area contributed by atoms with E-state index in [1.165, 1.54) is 12.1 Å². The molecule has 16 heavy (non-hydrogen) atoms. The van der Waals surface area contributed by atoms with Crippen molar-refractivity contribution in [2.45, 2.75) is 25.7 Å². The first-order chi connectivity index (χ1) is 7.33. The summed E-state index contributed by atoms with van der Waals surface area (Å²) >= 11 is 0. The van der Waals surface area contributed by atoms with Gasteiger partial charge in [-0.2, -0.15) is 0 Å². The second-order valence-corrected chi connectivity index (χ2v) is 4.33. The maximum absolute atomic E-state index is 10.9. The average Bonchev–Trinajstić information content (AvgIpc) is 2.16. The number of hydrogen-bond acceptors (Lipinski definition) is 3. The predicted molar refractivity (Wildman–Crippen MR) is 59.9 cm³/mol. The molecule has 0 aliphatic rings. The molecule has 1 aromatic carbocycles. The van der Waals surface area contributed by atoms with Gasteiger partial charge in [-0.1, -0.05) is 26.0 Å². The van der Waals surface area contributed by atoms with Gasteiger partial charge in [-0.3, -0.25) is 14.9 Å². The highest BCUT2D eigenvalue weighted by Gasteiger charge is 2.23. The first-order valence-electron chi connectivity index (χ1n) is 4.86. The van der Waals surface area contributed by atoms with Crippen LogP contribution in [-0.2, 0) is 10.2 Å². The Hall–Kier alpha value is -1.91. The normalized spacial score (nSPS) is 11.1. The number of carbonyl (C=O) groups excluding carboxylic acids is 1. The molecule has 1 amide bonds. The molecule has 0 atom stereocenters. The van der Waals surface area contributed by atoms with E-state index in [0.717, 1.165) is 5.56 Å². The Bertz CT molecular complexity index is 410. The summed E-state index contributed by atoms with van der Waals surface area (Å²) in [6, 6.07) is 6.16. The van der Waals surface area contributed by atoms with Gasteiger partial charge < -0.3 is 5.73 Å². The standard InChI is InChI=1S/C11H14N2O3/c1-11(2,7-10(12)14)8-3-5-9(6-4-8)13(15)16/h3-6H,7H2,1-2H3,(H2,12,14). The molecule has 5 nitrogen and oxygen atoms in total. The number of carbonyl (C=O) groups is 1. The molecule has 0 saturated heterocycles. The number of nitrogens with two attached hydrogens (primary N) is 1. The molecule has 0 heterocycles. The lowest BCUT2D eigenvalue weighted by atomic mass is 9.81. The molecule has 0 aliphatic carbocycles. The monoisotopic (exact) mass is 222 g/mol. The van der Waals surface area contributed by atoms with Gasteiger partial charge in [0.25, 0.3) is 5.69 Å². The van der Waals surface area contributed by atoms with Crippen LogP contribution in [0, 0.1) is 10.1 Å². The Kier molecular flexibility index (Phi) is 3.27. The molecule has 2 N–H and O–H groups in total.